The molecule has 0 radical (unpaired) electrons. The summed E-state index contributed by atoms with van der Waals surface area (Å²) in [5, 5.41) is 4.49. The van der Waals surface area contributed by atoms with Crippen molar-refractivity contribution in [3.8, 4) is 0 Å². The predicted octanol–water partition coefficient (Wildman–Crippen LogP) is 0.238. The molecule has 0 aromatic carbocycles. The summed E-state index contributed by atoms with van der Waals surface area (Å²) in [5.74, 6) is -0.380. The average molecular weight is 295 g/mol. The van der Waals surface area contributed by atoms with Gasteiger partial charge in [0.25, 0.3) is 0 Å². The molecule has 20 heavy (non-hydrogen) atoms. The quantitative estimate of drug-likeness (QED) is 0.783. The molecule has 1 aliphatic heterocycles. The van der Waals surface area contributed by atoms with Gasteiger partial charge in [0.2, 0.25) is 5.91 Å². The number of hydrogen-bond donors (Lipinski definition) is 2. The van der Waals surface area contributed by atoms with Crippen LogP contribution in [0, 0.1) is 0 Å². The van der Waals surface area contributed by atoms with Crippen molar-refractivity contribution in [2.24, 2.45) is 0 Å². The van der Waals surface area contributed by atoms with Gasteiger partial charge in [-0.25, -0.2) is 4.79 Å². The van der Waals surface area contributed by atoms with Gasteiger partial charge in [0.05, 0.1) is 13.2 Å². The number of ether oxygens (including phenoxy) is 1. The molecular formula is C11H16F3N3O3. The molecule has 2 aliphatic rings. The maximum atomic E-state index is 12.1. The molecule has 1 saturated heterocycles. The second-order valence-corrected chi connectivity index (χ2v) is 4.84. The normalized spacial score (nSPS) is 23.4. The summed E-state index contributed by atoms with van der Waals surface area (Å²) in [6.45, 7) is -1.13. The first-order valence-electron chi connectivity index (χ1n) is 6.36. The minimum absolute atomic E-state index is 0.00199. The molecule has 6 nitrogen and oxygen atoms in total. The summed E-state index contributed by atoms with van der Waals surface area (Å²) >= 11 is 0. The lowest BCUT2D eigenvalue weighted by Crippen LogP contribution is -2.59. The standard InChI is InChI=1S/C11H16F3N3O3/c12-11(13,14)6-15-10(19)17-3-4-20-5-8(17)9(18)16-7-1-2-7/h7-8H,1-6H2,(H,15,19)(H,16,18). The molecule has 1 heterocycles. The van der Waals surface area contributed by atoms with E-state index in [1.807, 2.05) is 0 Å². The van der Waals surface area contributed by atoms with Gasteiger partial charge >= 0.3 is 12.2 Å². The van der Waals surface area contributed by atoms with Crippen molar-refractivity contribution in [3.05, 3.63) is 0 Å². The number of morpholine rings is 1. The highest BCUT2D eigenvalue weighted by Gasteiger charge is 2.37. The van der Waals surface area contributed by atoms with Gasteiger partial charge in [-0.3, -0.25) is 4.79 Å². The minimum Gasteiger partial charge on any atom is -0.377 e. The first kappa shape index (κ1) is 14.9. The topological polar surface area (TPSA) is 70.7 Å². The fraction of sp³-hybridized carbons (Fsp3) is 0.818. The second-order valence-electron chi connectivity index (χ2n) is 4.84. The fourth-order valence-electron chi connectivity index (χ4n) is 1.87. The second kappa shape index (κ2) is 5.86. The zero-order chi connectivity index (χ0) is 14.8. The number of halogens is 3. The van der Waals surface area contributed by atoms with Gasteiger partial charge in [-0.2, -0.15) is 13.2 Å². The summed E-state index contributed by atoms with van der Waals surface area (Å²) in [6.07, 6.45) is -2.70. The molecule has 2 N–H and O–H groups in total. The molecule has 1 atom stereocenters. The van der Waals surface area contributed by atoms with E-state index in [-0.39, 0.29) is 31.7 Å². The third kappa shape index (κ3) is 4.26. The number of urea groups is 1. The molecule has 0 aromatic rings. The molecule has 2 rings (SSSR count). The van der Waals surface area contributed by atoms with Gasteiger partial charge in [0.1, 0.15) is 12.6 Å². The van der Waals surface area contributed by atoms with E-state index in [9.17, 15) is 22.8 Å². The number of carbonyl (C=O) groups is 2. The molecule has 0 bridgehead atoms. The van der Waals surface area contributed by atoms with Crippen molar-refractivity contribution >= 4 is 11.9 Å². The molecule has 1 unspecified atom stereocenters. The molecular weight excluding hydrogens is 279 g/mol. The Hall–Kier alpha value is -1.51. The Morgan fingerprint density at radius 2 is 2.00 bits per heavy atom. The summed E-state index contributed by atoms with van der Waals surface area (Å²) in [7, 11) is 0. The van der Waals surface area contributed by atoms with E-state index in [4.69, 9.17) is 4.74 Å². The van der Waals surface area contributed by atoms with Crippen LogP contribution in [0.5, 0.6) is 0 Å². The average Bonchev–Trinajstić information content (AvgIpc) is 3.19. The molecule has 0 aromatic heterocycles. The van der Waals surface area contributed by atoms with Crippen molar-refractivity contribution in [3.63, 3.8) is 0 Å². The van der Waals surface area contributed by atoms with Crippen LogP contribution in [0.3, 0.4) is 0 Å². The van der Waals surface area contributed by atoms with E-state index in [0.29, 0.717) is 0 Å². The molecule has 0 spiro atoms. The first-order valence-corrected chi connectivity index (χ1v) is 6.36. The van der Waals surface area contributed by atoms with Gasteiger partial charge in [0, 0.05) is 12.6 Å². The smallest absolute Gasteiger partial charge is 0.377 e. The number of hydrogen-bond acceptors (Lipinski definition) is 3. The van der Waals surface area contributed by atoms with Gasteiger partial charge in [-0.15, -0.1) is 0 Å². The van der Waals surface area contributed by atoms with Crippen LogP contribution in [0.15, 0.2) is 0 Å². The lowest BCUT2D eigenvalue weighted by atomic mass is 10.2. The van der Waals surface area contributed by atoms with Crippen LogP contribution in [-0.4, -0.2) is 61.4 Å². The van der Waals surface area contributed by atoms with Gasteiger partial charge in [-0.1, -0.05) is 0 Å². The van der Waals surface area contributed by atoms with E-state index in [0.717, 1.165) is 17.7 Å². The Labute approximate surface area is 113 Å². The van der Waals surface area contributed by atoms with Crippen LogP contribution < -0.4 is 10.6 Å². The van der Waals surface area contributed by atoms with Crippen LogP contribution in [-0.2, 0) is 9.53 Å². The zero-order valence-electron chi connectivity index (χ0n) is 10.7. The van der Waals surface area contributed by atoms with Crippen LogP contribution >= 0.6 is 0 Å². The predicted molar refractivity (Wildman–Crippen MR) is 61.9 cm³/mol. The number of nitrogens with one attached hydrogen (secondary N) is 2. The molecule has 114 valence electrons. The Bertz CT molecular complexity index is 385. The number of amides is 3. The Morgan fingerprint density at radius 1 is 1.30 bits per heavy atom. The largest absolute Gasteiger partial charge is 0.405 e. The fourth-order valence-corrected chi connectivity index (χ4v) is 1.87. The summed E-state index contributed by atoms with van der Waals surface area (Å²) in [4.78, 5) is 24.8. The third-order valence-corrected chi connectivity index (χ3v) is 3.06. The maximum Gasteiger partial charge on any atom is 0.405 e. The van der Waals surface area contributed by atoms with Gasteiger partial charge < -0.3 is 20.3 Å². The minimum atomic E-state index is -4.48. The van der Waals surface area contributed by atoms with Crippen LogP contribution in [0.2, 0.25) is 0 Å². The maximum absolute atomic E-state index is 12.1. The highest BCUT2D eigenvalue weighted by atomic mass is 19.4. The summed E-state index contributed by atoms with van der Waals surface area (Å²) < 4.78 is 41.4. The molecule has 9 heteroatoms. The summed E-state index contributed by atoms with van der Waals surface area (Å²) in [5.41, 5.74) is 0. The molecule has 1 aliphatic carbocycles. The lowest BCUT2D eigenvalue weighted by Gasteiger charge is -2.34. The SMILES string of the molecule is O=C(NC1CC1)C1COCCN1C(=O)NCC(F)(F)F. The number of rotatable bonds is 3. The van der Waals surface area contributed by atoms with E-state index in [1.54, 1.807) is 5.32 Å². The monoisotopic (exact) mass is 295 g/mol. The Balaban J connectivity index is 1.91. The van der Waals surface area contributed by atoms with Crippen molar-refractivity contribution in [2.75, 3.05) is 26.3 Å². The molecule has 2 fully saturated rings. The van der Waals surface area contributed by atoms with Crippen molar-refractivity contribution in [2.45, 2.75) is 31.1 Å². The summed E-state index contributed by atoms with van der Waals surface area (Å²) in [6, 6.07) is -1.66. The van der Waals surface area contributed by atoms with E-state index >= 15 is 0 Å². The highest BCUT2D eigenvalue weighted by Crippen LogP contribution is 2.20. The van der Waals surface area contributed by atoms with E-state index in [1.165, 1.54) is 0 Å². The van der Waals surface area contributed by atoms with Gasteiger partial charge in [0.15, 0.2) is 0 Å². The lowest BCUT2D eigenvalue weighted by molar-refractivity contribution is -0.131. The van der Waals surface area contributed by atoms with E-state index in [2.05, 4.69) is 5.32 Å². The number of nitrogens with zero attached hydrogens (tertiary/aromatic N) is 1. The van der Waals surface area contributed by atoms with Crippen LogP contribution in [0.1, 0.15) is 12.8 Å². The third-order valence-electron chi connectivity index (χ3n) is 3.06. The van der Waals surface area contributed by atoms with Crippen LogP contribution in [0.4, 0.5) is 18.0 Å². The number of carbonyl (C=O) groups excluding carboxylic acids is 2. The highest BCUT2D eigenvalue weighted by molar-refractivity contribution is 5.87. The Morgan fingerprint density at radius 3 is 2.60 bits per heavy atom. The van der Waals surface area contributed by atoms with Crippen LogP contribution in [0.25, 0.3) is 0 Å². The molecule has 1 saturated carbocycles. The first-order chi connectivity index (χ1) is 9.37. The van der Waals surface area contributed by atoms with Gasteiger partial charge in [-0.05, 0) is 12.8 Å². The van der Waals surface area contributed by atoms with Crippen molar-refractivity contribution < 1.29 is 27.5 Å². The van der Waals surface area contributed by atoms with E-state index < -0.39 is 24.8 Å². The Kier molecular flexibility index (Phi) is 4.36. The number of alkyl halides is 3. The zero-order valence-corrected chi connectivity index (χ0v) is 10.7. The van der Waals surface area contributed by atoms with Crippen molar-refractivity contribution in [1.29, 1.82) is 0 Å². The molecule has 3 amide bonds. The van der Waals surface area contributed by atoms with Crippen molar-refractivity contribution in [1.82, 2.24) is 15.5 Å².